The van der Waals surface area contributed by atoms with E-state index in [1.807, 2.05) is 61.5 Å². The van der Waals surface area contributed by atoms with Gasteiger partial charge in [-0.2, -0.15) is 0 Å². The third kappa shape index (κ3) is 10.1. The zero-order valence-electron chi connectivity index (χ0n) is 32.6. The van der Waals surface area contributed by atoms with Crippen LogP contribution in [0.2, 0.25) is 0 Å². The van der Waals surface area contributed by atoms with Gasteiger partial charge in [-0.15, -0.1) is 0 Å². The van der Waals surface area contributed by atoms with E-state index in [1.165, 1.54) is 0 Å². The average molecular weight is 749 g/mol. The van der Waals surface area contributed by atoms with E-state index in [4.69, 9.17) is 37.9 Å². The first-order valence-electron chi connectivity index (χ1n) is 18.9. The molecule has 0 radical (unpaired) electrons. The van der Waals surface area contributed by atoms with Gasteiger partial charge in [0.25, 0.3) is 0 Å². The summed E-state index contributed by atoms with van der Waals surface area (Å²) in [6, 6.07) is 16.5. The molecule has 3 aromatic rings. The van der Waals surface area contributed by atoms with E-state index in [2.05, 4.69) is 4.90 Å². The van der Waals surface area contributed by atoms with Crippen LogP contribution in [0.4, 0.5) is 0 Å². The number of esters is 1. The third-order valence-electron chi connectivity index (χ3n) is 10.3. The van der Waals surface area contributed by atoms with Crippen molar-refractivity contribution in [1.82, 2.24) is 9.80 Å². The number of amides is 1. The Bertz CT molecular complexity index is 1650. The molecule has 0 bridgehead atoms. The Labute approximate surface area is 319 Å². The minimum absolute atomic E-state index is 0.133. The molecule has 294 valence electrons. The minimum atomic E-state index is -0.723. The van der Waals surface area contributed by atoms with E-state index in [0.717, 1.165) is 62.4 Å². The standard InChI is InChI=1S/C42H56N2O10/c1-7-33(31-27-38(49-4)40(51-6)39(28-31)50-5)41(45)44-18-9-8-13-34(44)42(46)54-35(16-14-29-15-17-36(47-2)37(25-29)48-3)30-11-10-12-32(26-30)53-24-21-43-19-22-52-23-20-43/h10-12,15,17,25-28,33-35H,7-9,13-14,16,18-24H2,1-6H3/t33?,34-,35+/m0/s1. The predicted octanol–water partition coefficient (Wildman–Crippen LogP) is 6.23. The molecule has 2 saturated heterocycles. The molecule has 5 rings (SSSR count). The Morgan fingerprint density at radius 3 is 2.19 bits per heavy atom. The molecular weight excluding hydrogens is 692 g/mol. The van der Waals surface area contributed by atoms with Crippen molar-refractivity contribution >= 4 is 11.9 Å². The topological polar surface area (TPSA) is 114 Å². The molecule has 0 N–H and O–H groups in total. The van der Waals surface area contributed by atoms with Gasteiger partial charge in [0.05, 0.1) is 54.7 Å². The van der Waals surface area contributed by atoms with Crippen molar-refractivity contribution < 1.29 is 47.5 Å². The molecule has 2 aliphatic rings. The fraction of sp³-hybridized carbons (Fsp3) is 0.524. The number of likely N-dealkylation sites (tertiary alicyclic amines) is 1. The Morgan fingerprint density at radius 1 is 0.796 bits per heavy atom. The highest BCUT2D eigenvalue weighted by Crippen LogP contribution is 2.41. The van der Waals surface area contributed by atoms with Gasteiger partial charge in [0.2, 0.25) is 11.7 Å². The first kappa shape index (κ1) is 40.5. The van der Waals surface area contributed by atoms with Crippen molar-refractivity contribution in [3.63, 3.8) is 0 Å². The fourth-order valence-electron chi connectivity index (χ4n) is 7.26. The number of carbonyl (C=O) groups excluding carboxylic acids is 2. The summed E-state index contributed by atoms with van der Waals surface area (Å²) < 4.78 is 45.8. The summed E-state index contributed by atoms with van der Waals surface area (Å²) >= 11 is 0. The quantitative estimate of drug-likeness (QED) is 0.138. The highest BCUT2D eigenvalue weighted by Gasteiger charge is 2.38. The van der Waals surface area contributed by atoms with Crippen LogP contribution in [0.1, 0.15) is 67.7 Å². The number of ether oxygens (including phenoxy) is 8. The normalized spacial score (nSPS) is 17.2. The maximum atomic E-state index is 14.4. The Morgan fingerprint density at radius 2 is 1.52 bits per heavy atom. The largest absolute Gasteiger partial charge is 0.493 e. The monoisotopic (exact) mass is 748 g/mol. The number of aryl methyl sites for hydroxylation is 1. The summed E-state index contributed by atoms with van der Waals surface area (Å²) in [5.74, 6) is 2.30. The Balaban J connectivity index is 1.37. The van der Waals surface area contributed by atoms with Gasteiger partial charge in [0.15, 0.2) is 23.0 Å². The van der Waals surface area contributed by atoms with Crippen LogP contribution in [0.15, 0.2) is 54.6 Å². The molecule has 2 aliphatic heterocycles. The number of methoxy groups -OCH3 is 5. The zero-order valence-corrected chi connectivity index (χ0v) is 32.6. The first-order chi connectivity index (χ1) is 26.3. The van der Waals surface area contributed by atoms with E-state index < -0.39 is 24.0 Å². The van der Waals surface area contributed by atoms with E-state index in [-0.39, 0.29) is 5.91 Å². The van der Waals surface area contributed by atoms with Crippen LogP contribution in [0.25, 0.3) is 0 Å². The van der Waals surface area contributed by atoms with Gasteiger partial charge in [-0.05, 0) is 91.6 Å². The molecule has 3 atom stereocenters. The summed E-state index contributed by atoms with van der Waals surface area (Å²) in [5.41, 5.74) is 2.57. The minimum Gasteiger partial charge on any atom is -0.493 e. The molecule has 0 spiro atoms. The SMILES string of the molecule is CCC(C(=O)N1CCCC[C@H]1C(=O)O[C@H](CCc1ccc(OC)c(OC)c1)c1cccc(OCCN2CCOCC2)c1)c1cc(OC)c(OC)c(OC)c1. The van der Waals surface area contributed by atoms with Crippen LogP contribution in [-0.2, 0) is 25.5 Å². The highest BCUT2D eigenvalue weighted by molar-refractivity contribution is 5.89. The van der Waals surface area contributed by atoms with Crippen molar-refractivity contribution in [3.05, 3.63) is 71.3 Å². The first-order valence-corrected chi connectivity index (χ1v) is 18.9. The predicted molar refractivity (Wildman–Crippen MR) is 204 cm³/mol. The lowest BCUT2D eigenvalue weighted by Crippen LogP contribution is -2.50. The van der Waals surface area contributed by atoms with Crippen LogP contribution in [0.3, 0.4) is 0 Å². The molecular formula is C42H56N2O10. The molecule has 0 aromatic heterocycles. The van der Waals surface area contributed by atoms with Crippen LogP contribution >= 0.6 is 0 Å². The van der Waals surface area contributed by atoms with Crippen LogP contribution in [-0.4, -0.2) is 109 Å². The van der Waals surface area contributed by atoms with Gasteiger partial charge in [-0.25, -0.2) is 4.79 Å². The fourth-order valence-corrected chi connectivity index (χ4v) is 7.26. The van der Waals surface area contributed by atoms with Crippen LogP contribution in [0, 0.1) is 0 Å². The summed E-state index contributed by atoms with van der Waals surface area (Å²) in [7, 11) is 7.86. The summed E-state index contributed by atoms with van der Waals surface area (Å²) in [5, 5.41) is 0. The van der Waals surface area contributed by atoms with Crippen molar-refractivity contribution in [1.29, 1.82) is 0 Å². The highest BCUT2D eigenvalue weighted by atomic mass is 16.5. The molecule has 2 heterocycles. The second kappa shape index (κ2) is 20.1. The molecule has 12 heteroatoms. The van der Waals surface area contributed by atoms with Crippen molar-refractivity contribution in [3.8, 4) is 34.5 Å². The number of carbonyl (C=O) groups is 2. The van der Waals surface area contributed by atoms with Gasteiger partial charge in [0.1, 0.15) is 24.5 Å². The van der Waals surface area contributed by atoms with Crippen molar-refractivity contribution in [2.45, 2.75) is 63.5 Å². The van der Waals surface area contributed by atoms with E-state index >= 15 is 0 Å². The van der Waals surface area contributed by atoms with Crippen molar-refractivity contribution in [2.24, 2.45) is 0 Å². The number of morpholine rings is 1. The van der Waals surface area contributed by atoms with Gasteiger partial charge >= 0.3 is 5.97 Å². The second-order valence-corrected chi connectivity index (χ2v) is 13.5. The van der Waals surface area contributed by atoms with Gasteiger partial charge in [-0.1, -0.05) is 25.1 Å². The maximum Gasteiger partial charge on any atom is 0.329 e. The molecule has 1 amide bonds. The lowest BCUT2D eigenvalue weighted by molar-refractivity contribution is -0.162. The molecule has 12 nitrogen and oxygen atoms in total. The number of rotatable bonds is 18. The molecule has 54 heavy (non-hydrogen) atoms. The molecule has 1 unspecified atom stereocenters. The molecule has 0 aliphatic carbocycles. The lowest BCUT2D eigenvalue weighted by atomic mass is 9.91. The van der Waals surface area contributed by atoms with E-state index in [9.17, 15) is 9.59 Å². The molecule has 2 fully saturated rings. The Kier molecular flexibility index (Phi) is 15.1. The maximum absolute atomic E-state index is 14.4. The van der Waals surface area contributed by atoms with Crippen LogP contribution in [0.5, 0.6) is 34.5 Å². The number of hydrogen-bond acceptors (Lipinski definition) is 11. The second-order valence-electron chi connectivity index (χ2n) is 13.5. The number of nitrogens with zero attached hydrogens (tertiary/aromatic N) is 2. The Hall–Kier alpha value is -4.68. The van der Waals surface area contributed by atoms with Crippen molar-refractivity contribution in [2.75, 3.05) is 81.5 Å². The third-order valence-corrected chi connectivity index (χ3v) is 10.3. The summed E-state index contributed by atoms with van der Waals surface area (Å²) in [4.78, 5) is 32.7. The van der Waals surface area contributed by atoms with Crippen LogP contribution < -0.4 is 28.4 Å². The van der Waals surface area contributed by atoms with Gasteiger partial charge in [-0.3, -0.25) is 9.69 Å². The smallest absolute Gasteiger partial charge is 0.329 e. The number of benzene rings is 3. The summed E-state index contributed by atoms with van der Waals surface area (Å²) in [6.45, 7) is 6.99. The zero-order chi connectivity index (χ0) is 38.5. The number of piperidine rings is 1. The molecule has 0 saturated carbocycles. The molecule has 3 aromatic carbocycles. The van der Waals surface area contributed by atoms with E-state index in [0.29, 0.717) is 73.3 Å². The summed E-state index contributed by atoms with van der Waals surface area (Å²) in [6.07, 6.45) is 3.16. The van der Waals surface area contributed by atoms with E-state index in [1.54, 1.807) is 40.4 Å². The average Bonchev–Trinajstić information content (AvgIpc) is 3.22. The number of hydrogen-bond donors (Lipinski definition) is 0. The lowest BCUT2D eigenvalue weighted by Gasteiger charge is -2.37. The van der Waals surface area contributed by atoms with Gasteiger partial charge < -0.3 is 42.8 Å². The van der Waals surface area contributed by atoms with Gasteiger partial charge in [0, 0.05) is 26.2 Å².